The maximum absolute atomic E-state index is 9.42. The van der Waals surface area contributed by atoms with Crippen molar-refractivity contribution in [2.75, 3.05) is 6.61 Å². The van der Waals surface area contributed by atoms with E-state index in [9.17, 15) is 5.11 Å². The van der Waals surface area contributed by atoms with E-state index in [1.807, 2.05) is 0 Å². The van der Waals surface area contributed by atoms with Gasteiger partial charge < -0.3 is 9.84 Å². The van der Waals surface area contributed by atoms with Gasteiger partial charge in [-0.15, -0.1) is 0 Å². The van der Waals surface area contributed by atoms with Gasteiger partial charge in [0, 0.05) is 0 Å². The molecule has 0 amide bonds. The summed E-state index contributed by atoms with van der Waals surface area (Å²) in [6.07, 6.45) is 2.64. The van der Waals surface area contributed by atoms with Crippen LogP contribution in [0, 0.1) is 11.3 Å². The molecular formula is C10H18O2. The first-order valence-electron chi connectivity index (χ1n) is 4.80. The van der Waals surface area contributed by atoms with Gasteiger partial charge in [0.05, 0.1) is 18.3 Å². The number of hydrogen-bond donors (Lipinski definition) is 1. The molecule has 3 unspecified atom stereocenters. The summed E-state index contributed by atoms with van der Waals surface area (Å²) in [4.78, 5) is 0. The van der Waals surface area contributed by atoms with E-state index in [1.54, 1.807) is 0 Å². The van der Waals surface area contributed by atoms with E-state index < -0.39 is 0 Å². The summed E-state index contributed by atoms with van der Waals surface area (Å²) in [6.45, 7) is 6.78. The predicted octanol–water partition coefficient (Wildman–Crippen LogP) is 1.57. The number of fused-ring (bicyclic) bond motifs is 2. The Morgan fingerprint density at radius 1 is 1.50 bits per heavy atom. The lowest BCUT2D eigenvalue weighted by Gasteiger charge is -2.42. The smallest absolute Gasteiger partial charge is 0.0993 e. The van der Waals surface area contributed by atoms with Crippen molar-refractivity contribution >= 4 is 0 Å². The summed E-state index contributed by atoms with van der Waals surface area (Å²) < 4.78 is 5.89. The van der Waals surface area contributed by atoms with Gasteiger partial charge in [-0.3, -0.25) is 0 Å². The second kappa shape index (κ2) is 2.24. The molecule has 2 nitrogen and oxygen atoms in total. The lowest BCUT2D eigenvalue weighted by molar-refractivity contribution is -0.0955. The zero-order valence-electron chi connectivity index (χ0n) is 8.13. The number of aliphatic hydroxyl groups is 1. The first kappa shape index (κ1) is 8.52. The second-order valence-corrected chi connectivity index (χ2v) is 5.01. The summed E-state index contributed by atoms with van der Waals surface area (Å²) >= 11 is 0. The summed E-state index contributed by atoms with van der Waals surface area (Å²) in [5, 5.41) is 9.42. The van der Waals surface area contributed by atoms with Crippen LogP contribution in [0.1, 0.15) is 33.6 Å². The van der Waals surface area contributed by atoms with Gasteiger partial charge in [-0.25, -0.2) is 0 Å². The molecule has 2 aliphatic rings. The average Bonchev–Trinajstić information content (AvgIpc) is 2.37. The van der Waals surface area contributed by atoms with Gasteiger partial charge in [0.15, 0.2) is 0 Å². The van der Waals surface area contributed by atoms with E-state index >= 15 is 0 Å². The van der Waals surface area contributed by atoms with Crippen LogP contribution in [0.4, 0.5) is 0 Å². The molecule has 2 rings (SSSR count). The highest BCUT2D eigenvalue weighted by Gasteiger charge is 2.61. The molecule has 12 heavy (non-hydrogen) atoms. The third-order valence-electron chi connectivity index (χ3n) is 3.91. The molecular weight excluding hydrogens is 152 g/mol. The summed E-state index contributed by atoms with van der Waals surface area (Å²) in [5.41, 5.74) is -0.0816. The minimum Gasteiger partial charge on any atom is -0.393 e. The van der Waals surface area contributed by atoms with Gasteiger partial charge in [-0.05, 0) is 24.2 Å². The van der Waals surface area contributed by atoms with Crippen molar-refractivity contribution in [2.45, 2.75) is 45.3 Å². The molecule has 70 valence electrons. The summed E-state index contributed by atoms with van der Waals surface area (Å²) in [5.74, 6) is 0.510. The van der Waals surface area contributed by atoms with Crippen LogP contribution in [0.5, 0.6) is 0 Å². The van der Waals surface area contributed by atoms with E-state index in [2.05, 4.69) is 20.8 Å². The normalized spacial score (nSPS) is 50.0. The monoisotopic (exact) mass is 170 g/mol. The van der Waals surface area contributed by atoms with Gasteiger partial charge in [0.2, 0.25) is 0 Å². The highest BCUT2D eigenvalue weighted by molar-refractivity contribution is 5.10. The maximum atomic E-state index is 9.42. The van der Waals surface area contributed by atoms with Gasteiger partial charge in [0.25, 0.3) is 0 Å². The zero-order valence-corrected chi connectivity index (χ0v) is 8.13. The fourth-order valence-electron chi connectivity index (χ4n) is 3.15. The molecule has 2 aliphatic heterocycles. The van der Waals surface area contributed by atoms with Crippen LogP contribution in [0.15, 0.2) is 0 Å². The van der Waals surface area contributed by atoms with Crippen molar-refractivity contribution in [3.8, 4) is 0 Å². The molecule has 2 saturated heterocycles. The minimum absolute atomic E-state index is 0.157. The largest absolute Gasteiger partial charge is 0.393 e. The molecule has 0 spiro atoms. The lowest BCUT2D eigenvalue weighted by atomic mass is 9.64. The Bertz CT molecular complexity index is 200. The van der Waals surface area contributed by atoms with Crippen LogP contribution in [-0.4, -0.2) is 23.4 Å². The first-order chi connectivity index (χ1) is 5.52. The SMILES string of the molecule is CC1CC2CC(C)(C)C1(CO)O2. The van der Waals surface area contributed by atoms with Crippen molar-refractivity contribution in [3.05, 3.63) is 0 Å². The van der Waals surface area contributed by atoms with Crippen molar-refractivity contribution in [2.24, 2.45) is 11.3 Å². The molecule has 2 heterocycles. The molecule has 0 aliphatic carbocycles. The lowest BCUT2D eigenvalue weighted by Crippen LogP contribution is -2.49. The Balaban J connectivity index is 2.35. The Morgan fingerprint density at radius 2 is 2.17 bits per heavy atom. The van der Waals surface area contributed by atoms with Gasteiger partial charge in [-0.1, -0.05) is 20.8 Å². The van der Waals surface area contributed by atoms with Crippen LogP contribution in [0.3, 0.4) is 0 Å². The number of ether oxygens (including phenoxy) is 1. The van der Waals surface area contributed by atoms with E-state index in [0.29, 0.717) is 12.0 Å². The minimum atomic E-state index is -0.238. The number of rotatable bonds is 1. The van der Waals surface area contributed by atoms with E-state index in [4.69, 9.17) is 4.74 Å². The topological polar surface area (TPSA) is 29.5 Å². The molecule has 0 radical (unpaired) electrons. The molecule has 0 aromatic heterocycles. The average molecular weight is 170 g/mol. The van der Waals surface area contributed by atoms with Gasteiger partial charge in [-0.2, -0.15) is 0 Å². The van der Waals surface area contributed by atoms with Gasteiger partial charge >= 0.3 is 0 Å². The second-order valence-electron chi connectivity index (χ2n) is 5.01. The van der Waals surface area contributed by atoms with Crippen LogP contribution < -0.4 is 0 Å². The fourth-order valence-corrected chi connectivity index (χ4v) is 3.15. The third kappa shape index (κ3) is 0.775. The van der Waals surface area contributed by atoms with Crippen molar-refractivity contribution < 1.29 is 9.84 Å². The molecule has 0 saturated carbocycles. The highest BCUT2D eigenvalue weighted by atomic mass is 16.5. The van der Waals surface area contributed by atoms with Crippen molar-refractivity contribution in [1.29, 1.82) is 0 Å². The van der Waals surface area contributed by atoms with Crippen molar-refractivity contribution in [1.82, 2.24) is 0 Å². The third-order valence-corrected chi connectivity index (χ3v) is 3.91. The molecule has 2 bridgehead atoms. The summed E-state index contributed by atoms with van der Waals surface area (Å²) in [7, 11) is 0. The zero-order chi connectivity index (χ0) is 8.98. The fraction of sp³-hybridized carbons (Fsp3) is 1.00. The molecule has 0 aromatic carbocycles. The van der Waals surface area contributed by atoms with E-state index in [1.165, 1.54) is 0 Å². The van der Waals surface area contributed by atoms with Gasteiger partial charge in [0.1, 0.15) is 0 Å². The number of hydrogen-bond acceptors (Lipinski definition) is 2. The molecule has 1 N–H and O–H groups in total. The Hall–Kier alpha value is -0.0800. The molecule has 0 aromatic rings. The molecule has 2 heteroatoms. The van der Waals surface area contributed by atoms with Crippen molar-refractivity contribution in [3.63, 3.8) is 0 Å². The standard InChI is InChI=1S/C10H18O2/c1-7-4-8-5-9(2,3)10(7,6-11)12-8/h7-8,11H,4-6H2,1-3H3. The Labute approximate surface area is 73.9 Å². The van der Waals surface area contributed by atoms with Crippen LogP contribution >= 0.6 is 0 Å². The Morgan fingerprint density at radius 3 is 2.50 bits per heavy atom. The van der Waals surface area contributed by atoms with E-state index in [-0.39, 0.29) is 17.6 Å². The van der Waals surface area contributed by atoms with Crippen LogP contribution in [0.2, 0.25) is 0 Å². The van der Waals surface area contributed by atoms with Crippen LogP contribution in [0.25, 0.3) is 0 Å². The Kier molecular flexibility index (Phi) is 1.59. The highest BCUT2D eigenvalue weighted by Crippen LogP contribution is 2.57. The maximum Gasteiger partial charge on any atom is 0.0993 e. The summed E-state index contributed by atoms with van der Waals surface area (Å²) in [6, 6.07) is 0. The number of aliphatic hydroxyl groups excluding tert-OH is 1. The quantitative estimate of drug-likeness (QED) is 0.647. The molecule has 2 fully saturated rings. The van der Waals surface area contributed by atoms with Crippen LogP contribution in [-0.2, 0) is 4.74 Å². The predicted molar refractivity (Wildman–Crippen MR) is 46.9 cm³/mol. The first-order valence-corrected chi connectivity index (χ1v) is 4.80. The molecule has 3 atom stereocenters. The van der Waals surface area contributed by atoms with E-state index in [0.717, 1.165) is 12.8 Å².